The van der Waals surface area contributed by atoms with Gasteiger partial charge in [-0.3, -0.25) is 5.10 Å². The van der Waals surface area contributed by atoms with Crippen LogP contribution in [0.4, 0.5) is 0 Å². The first-order valence-corrected chi connectivity index (χ1v) is 11.0. The van der Waals surface area contributed by atoms with Crippen LogP contribution in [0.25, 0.3) is 16.8 Å². The number of nitrogens with one attached hydrogen (secondary N) is 2. The minimum Gasteiger partial charge on any atom is -0.507 e. The Balaban J connectivity index is 0.000000323. The van der Waals surface area contributed by atoms with E-state index in [0.717, 1.165) is 50.3 Å². The smallest absolute Gasteiger partial charge is 0.195 e. The number of ether oxygens (including phenoxy) is 1. The van der Waals surface area contributed by atoms with E-state index in [1.807, 2.05) is 18.0 Å². The Kier molecular flexibility index (Phi) is 10.8. The van der Waals surface area contributed by atoms with Crippen molar-refractivity contribution in [3.05, 3.63) is 42.4 Å². The van der Waals surface area contributed by atoms with Crippen LogP contribution in [-0.2, 0) is 4.74 Å². The normalized spacial score (nSPS) is 17.0. The third-order valence-corrected chi connectivity index (χ3v) is 5.54. The van der Waals surface area contributed by atoms with Gasteiger partial charge in [0.2, 0.25) is 0 Å². The van der Waals surface area contributed by atoms with Crippen LogP contribution in [0.5, 0.6) is 5.75 Å². The number of benzene rings is 1. The van der Waals surface area contributed by atoms with E-state index < -0.39 is 0 Å². The van der Waals surface area contributed by atoms with E-state index >= 15 is 0 Å². The Labute approximate surface area is 195 Å². The molecule has 2 saturated heterocycles. The number of terminal acetylenes is 1. The molecule has 0 spiro atoms. The van der Waals surface area contributed by atoms with Crippen LogP contribution >= 0.6 is 0 Å². The molecule has 2 fully saturated rings. The molecule has 0 atom stereocenters. The molecule has 9 heteroatoms. The summed E-state index contributed by atoms with van der Waals surface area (Å²) in [5.41, 5.74) is 14.6. The summed E-state index contributed by atoms with van der Waals surface area (Å²) in [7, 11) is 2.01. The third kappa shape index (κ3) is 7.86. The van der Waals surface area contributed by atoms with Crippen LogP contribution in [0.2, 0.25) is 0 Å². The number of aromatic hydroxyl groups is 1. The zero-order valence-electron chi connectivity index (χ0n) is 19.2. The van der Waals surface area contributed by atoms with Crippen molar-refractivity contribution in [1.82, 2.24) is 20.4 Å². The number of rotatable bonds is 4. The highest BCUT2D eigenvalue weighted by Crippen LogP contribution is 2.28. The lowest BCUT2D eigenvalue weighted by Gasteiger charge is -2.20. The number of aliphatic imine (C=N–C) groups is 1. The number of likely N-dealkylation sites (tertiary alicyclic amines) is 1. The lowest BCUT2D eigenvalue weighted by Crippen LogP contribution is -2.34. The monoisotopic (exact) mass is 453 g/mol. The standard InChI is InChI=1S/C16H20N6O.C6H13NO.C2H2/c17-14(10-19-16(18)22-5-1-2-6-22)13-4-3-11(7-15(13)23)12-8-20-21-9-12;1-7-6-2-4-8-5-3-6;1-2/h3-4,7-10,23H,1-2,5-6,17H2,(H2,18,19)(H,20,21);6-7H,2-5H2,1H3;1-2H/b14-10-;;. The second-order valence-electron chi connectivity index (χ2n) is 7.66. The maximum absolute atomic E-state index is 10.2. The Hall–Kier alpha value is -3.48. The Morgan fingerprint density at radius 2 is 1.94 bits per heavy atom. The molecule has 0 saturated carbocycles. The van der Waals surface area contributed by atoms with Gasteiger partial charge in [-0.1, -0.05) is 6.07 Å². The molecule has 0 radical (unpaired) electrons. The zero-order chi connectivity index (χ0) is 24.1. The highest BCUT2D eigenvalue weighted by Gasteiger charge is 2.13. The van der Waals surface area contributed by atoms with E-state index in [2.05, 4.69) is 33.4 Å². The summed E-state index contributed by atoms with van der Waals surface area (Å²) >= 11 is 0. The summed E-state index contributed by atoms with van der Waals surface area (Å²) in [5, 5.41) is 20.1. The van der Waals surface area contributed by atoms with E-state index in [1.54, 1.807) is 24.5 Å². The van der Waals surface area contributed by atoms with Gasteiger partial charge in [0.25, 0.3) is 0 Å². The number of nitrogens with zero attached hydrogens (tertiary/aromatic N) is 3. The molecule has 33 heavy (non-hydrogen) atoms. The number of guanidine groups is 1. The molecule has 3 heterocycles. The van der Waals surface area contributed by atoms with Crippen molar-refractivity contribution in [3.63, 3.8) is 0 Å². The van der Waals surface area contributed by atoms with E-state index in [4.69, 9.17) is 16.2 Å². The molecule has 7 N–H and O–H groups in total. The number of phenolic OH excluding ortho intramolecular Hbond substituents is 1. The summed E-state index contributed by atoms with van der Waals surface area (Å²) in [5.74, 6) is 0.548. The quantitative estimate of drug-likeness (QED) is 0.271. The van der Waals surface area contributed by atoms with Gasteiger partial charge < -0.3 is 31.5 Å². The molecule has 0 bridgehead atoms. The summed E-state index contributed by atoms with van der Waals surface area (Å²) in [6, 6.07) is 5.98. The fraction of sp³-hybridized carbons (Fsp3) is 0.417. The van der Waals surface area contributed by atoms with Gasteiger partial charge in [-0.05, 0) is 50.4 Å². The molecule has 2 aliphatic rings. The molecule has 0 amide bonds. The lowest BCUT2D eigenvalue weighted by atomic mass is 10.0. The van der Waals surface area contributed by atoms with Gasteiger partial charge in [0.15, 0.2) is 5.96 Å². The first kappa shape index (κ1) is 25.8. The summed E-state index contributed by atoms with van der Waals surface area (Å²) in [6.45, 7) is 3.72. The molecular formula is C24H35N7O2. The highest BCUT2D eigenvalue weighted by atomic mass is 16.5. The van der Waals surface area contributed by atoms with Crippen molar-refractivity contribution >= 4 is 11.7 Å². The Bertz CT molecular complexity index is 910. The van der Waals surface area contributed by atoms with E-state index in [1.165, 1.54) is 19.0 Å². The van der Waals surface area contributed by atoms with Crippen LogP contribution in [0.1, 0.15) is 31.2 Å². The SMILES string of the molecule is C#C.CNC1CCOCC1.NC(=N/C=C(\N)c1ccc(-c2cn[nH]c2)cc1O)N1CCCC1. The Morgan fingerprint density at radius 1 is 1.24 bits per heavy atom. The predicted molar refractivity (Wildman–Crippen MR) is 133 cm³/mol. The minimum atomic E-state index is 0.0902. The third-order valence-electron chi connectivity index (χ3n) is 5.54. The van der Waals surface area contributed by atoms with Gasteiger partial charge in [0.1, 0.15) is 5.75 Å². The predicted octanol–water partition coefficient (Wildman–Crippen LogP) is 2.08. The van der Waals surface area contributed by atoms with Crippen LogP contribution in [0.3, 0.4) is 0 Å². The van der Waals surface area contributed by atoms with Crippen LogP contribution in [-0.4, -0.2) is 65.6 Å². The number of hydrogen-bond donors (Lipinski definition) is 5. The fourth-order valence-corrected chi connectivity index (χ4v) is 3.58. The topological polar surface area (TPSA) is 138 Å². The fourth-order valence-electron chi connectivity index (χ4n) is 3.58. The van der Waals surface area contributed by atoms with Crippen molar-refractivity contribution in [2.24, 2.45) is 16.5 Å². The van der Waals surface area contributed by atoms with Crippen molar-refractivity contribution in [1.29, 1.82) is 0 Å². The maximum atomic E-state index is 10.2. The first-order chi connectivity index (χ1) is 16.1. The second-order valence-corrected chi connectivity index (χ2v) is 7.66. The number of hydrogen-bond acceptors (Lipinski definition) is 6. The molecule has 0 unspecified atom stereocenters. The van der Waals surface area contributed by atoms with Gasteiger partial charge >= 0.3 is 0 Å². The number of phenols is 1. The number of nitrogens with two attached hydrogens (primary N) is 2. The highest BCUT2D eigenvalue weighted by molar-refractivity contribution is 5.80. The molecule has 4 rings (SSSR count). The van der Waals surface area contributed by atoms with Crippen molar-refractivity contribution in [3.8, 4) is 29.7 Å². The molecule has 2 aliphatic heterocycles. The summed E-state index contributed by atoms with van der Waals surface area (Å²) in [6.07, 6.45) is 17.5. The van der Waals surface area contributed by atoms with Crippen LogP contribution in [0, 0.1) is 12.8 Å². The van der Waals surface area contributed by atoms with Crippen LogP contribution in [0.15, 0.2) is 41.8 Å². The lowest BCUT2D eigenvalue weighted by molar-refractivity contribution is 0.0799. The van der Waals surface area contributed by atoms with Crippen molar-refractivity contribution < 1.29 is 9.84 Å². The first-order valence-electron chi connectivity index (χ1n) is 11.0. The minimum absolute atomic E-state index is 0.0902. The van der Waals surface area contributed by atoms with Gasteiger partial charge in [-0.2, -0.15) is 5.10 Å². The number of aromatic nitrogens is 2. The molecule has 178 valence electrons. The number of aromatic amines is 1. The van der Waals surface area contributed by atoms with E-state index in [0.29, 0.717) is 23.3 Å². The van der Waals surface area contributed by atoms with Gasteiger partial charge in [0.05, 0.1) is 18.1 Å². The average molecular weight is 454 g/mol. The van der Waals surface area contributed by atoms with E-state index in [-0.39, 0.29) is 5.75 Å². The maximum Gasteiger partial charge on any atom is 0.195 e. The van der Waals surface area contributed by atoms with Gasteiger partial charge in [-0.15, -0.1) is 12.8 Å². The largest absolute Gasteiger partial charge is 0.507 e. The van der Waals surface area contributed by atoms with E-state index in [9.17, 15) is 5.11 Å². The summed E-state index contributed by atoms with van der Waals surface area (Å²) < 4.78 is 5.16. The zero-order valence-corrected chi connectivity index (χ0v) is 19.2. The number of H-pyrrole nitrogens is 1. The molecular weight excluding hydrogens is 418 g/mol. The summed E-state index contributed by atoms with van der Waals surface area (Å²) in [4.78, 5) is 6.22. The molecule has 1 aromatic carbocycles. The molecule has 1 aromatic heterocycles. The second kappa shape index (κ2) is 13.8. The Morgan fingerprint density at radius 3 is 2.48 bits per heavy atom. The van der Waals surface area contributed by atoms with Gasteiger partial charge in [-0.25, -0.2) is 4.99 Å². The molecule has 2 aromatic rings. The molecule has 0 aliphatic carbocycles. The average Bonchev–Trinajstić information content (AvgIpc) is 3.59. The molecule has 9 nitrogen and oxygen atoms in total. The van der Waals surface area contributed by atoms with Gasteiger partial charge in [0, 0.05) is 49.7 Å². The van der Waals surface area contributed by atoms with Crippen molar-refractivity contribution in [2.75, 3.05) is 33.4 Å². The van der Waals surface area contributed by atoms with Crippen LogP contribution < -0.4 is 16.8 Å². The van der Waals surface area contributed by atoms with Crippen molar-refractivity contribution in [2.45, 2.75) is 31.7 Å².